The highest BCUT2D eigenvalue weighted by Gasteiger charge is 2.24. The Bertz CT molecular complexity index is 840. The third-order valence-electron chi connectivity index (χ3n) is 4.37. The third kappa shape index (κ3) is 2.42. The van der Waals surface area contributed by atoms with Crippen LogP contribution >= 0.6 is 27.5 Å². The van der Waals surface area contributed by atoms with Crippen LogP contribution < -0.4 is 5.32 Å². The van der Waals surface area contributed by atoms with Gasteiger partial charge < -0.3 is 10.3 Å². The number of fused-ring (bicyclic) bond motifs is 3. The van der Waals surface area contributed by atoms with Crippen LogP contribution in [0.3, 0.4) is 0 Å². The topological polar surface area (TPSA) is 27.8 Å². The van der Waals surface area contributed by atoms with Crippen LogP contribution in [-0.4, -0.2) is 4.98 Å². The molecular formula is C18H16BrClN2. The van der Waals surface area contributed by atoms with Crippen LogP contribution in [0.15, 0.2) is 46.9 Å². The van der Waals surface area contributed by atoms with E-state index in [-0.39, 0.29) is 6.04 Å². The normalized spacial score (nSPS) is 17.5. The number of hydrogen-bond donors (Lipinski definition) is 2. The minimum Gasteiger partial charge on any atom is -0.376 e. The molecule has 0 spiro atoms. The van der Waals surface area contributed by atoms with E-state index in [2.05, 4.69) is 44.4 Å². The lowest BCUT2D eigenvalue weighted by atomic mass is 9.91. The average molecular weight is 376 g/mol. The Kier molecular flexibility index (Phi) is 3.63. The molecular weight excluding hydrogens is 360 g/mol. The van der Waals surface area contributed by atoms with E-state index in [1.165, 1.54) is 28.6 Å². The second kappa shape index (κ2) is 5.64. The van der Waals surface area contributed by atoms with Gasteiger partial charge in [-0.05, 0) is 55.2 Å². The van der Waals surface area contributed by atoms with E-state index >= 15 is 0 Å². The zero-order chi connectivity index (χ0) is 15.1. The molecule has 1 aliphatic rings. The van der Waals surface area contributed by atoms with Gasteiger partial charge in [0, 0.05) is 21.1 Å². The molecule has 1 unspecified atom stereocenters. The number of aryl methyl sites for hydroxylation is 1. The Morgan fingerprint density at radius 2 is 2.05 bits per heavy atom. The van der Waals surface area contributed by atoms with Crippen molar-refractivity contribution in [3.8, 4) is 0 Å². The molecule has 1 atom stereocenters. The fraction of sp³-hybridized carbons (Fsp3) is 0.222. The third-order valence-corrected chi connectivity index (χ3v) is 5.20. The molecule has 0 bridgehead atoms. The number of rotatable bonds is 2. The number of halogens is 2. The zero-order valence-electron chi connectivity index (χ0n) is 12.0. The summed E-state index contributed by atoms with van der Waals surface area (Å²) < 4.78 is 1.13. The summed E-state index contributed by atoms with van der Waals surface area (Å²) in [5.41, 5.74) is 4.95. The van der Waals surface area contributed by atoms with Crippen molar-refractivity contribution in [1.82, 2.24) is 4.98 Å². The predicted molar refractivity (Wildman–Crippen MR) is 96.8 cm³/mol. The lowest BCUT2D eigenvalue weighted by Crippen LogP contribution is -2.17. The molecule has 4 heteroatoms. The van der Waals surface area contributed by atoms with Crippen molar-refractivity contribution in [3.05, 3.63) is 63.2 Å². The van der Waals surface area contributed by atoms with Crippen LogP contribution in [0, 0.1) is 0 Å². The Balaban J connectivity index is 1.76. The molecule has 2 aromatic carbocycles. The maximum Gasteiger partial charge on any atom is 0.0666 e. The van der Waals surface area contributed by atoms with Gasteiger partial charge in [-0.2, -0.15) is 0 Å². The van der Waals surface area contributed by atoms with Crippen molar-refractivity contribution >= 4 is 44.1 Å². The van der Waals surface area contributed by atoms with Gasteiger partial charge in [-0.15, -0.1) is 0 Å². The first-order chi connectivity index (χ1) is 10.7. The van der Waals surface area contributed by atoms with Gasteiger partial charge >= 0.3 is 0 Å². The van der Waals surface area contributed by atoms with Crippen LogP contribution in [0.5, 0.6) is 0 Å². The fourth-order valence-corrected chi connectivity index (χ4v) is 3.90. The first-order valence-electron chi connectivity index (χ1n) is 7.53. The van der Waals surface area contributed by atoms with Gasteiger partial charge in [0.15, 0.2) is 0 Å². The van der Waals surface area contributed by atoms with Gasteiger partial charge in [-0.1, -0.05) is 39.7 Å². The maximum absolute atomic E-state index is 6.29. The number of hydrogen-bond acceptors (Lipinski definition) is 1. The van der Waals surface area contributed by atoms with Crippen molar-refractivity contribution in [3.63, 3.8) is 0 Å². The SMILES string of the molecule is Clc1ccccc1NC1CCCc2c1[nH]c1ccc(Br)cc21. The van der Waals surface area contributed by atoms with Gasteiger partial charge in [0.2, 0.25) is 0 Å². The number of aromatic amines is 1. The highest BCUT2D eigenvalue weighted by atomic mass is 79.9. The number of benzene rings is 2. The van der Waals surface area contributed by atoms with E-state index < -0.39 is 0 Å². The molecule has 0 aliphatic heterocycles. The average Bonchev–Trinajstić information content (AvgIpc) is 2.89. The van der Waals surface area contributed by atoms with Gasteiger partial charge in [0.25, 0.3) is 0 Å². The molecule has 1 aromatic heterocycles. The first kappa shape index (κ1) is 14.2. The minimum atomic E-state index is 0.287. The van der Waals surface area contributed by atoms with Crippen molar-refractivity contribution in [2.45, 2.75) is 25.3 Å². The molecule has 22 heavy (non-hydrogen) atoms. The second-order valence-electron chi connectivity index (χ2n) is 5.78. The van der Waals surface area contributed by atoms with Crippen LogP contribution in [0.1, 0.15) is 30.1 Å². The summed E-state index contributed by atoms with van der Waals surface area (Å²) >= 11 is 9.87. The van der Waals surface area contributed by atoms with E-state index in [4.69, 9.17) is 11.6 Å². The number of H-pyrrole nitrogens is 1. The molecule has 0 fully saturated rings. The van der Waals surface area contributed by atoms with Crippen molar-refractivity contribution in [1.29, 1.82) is 0 Å². The molecule has 0 radical (unpaired) electrons. The van der Waals surface area contributed by atoms with Crippen LogP contribution in [-0.2, 0) is 6.42 Å². The number of nitrogens with one attached hydrogen (secondary N) is 2. The fourth-order valence-electron chi connectivity index (χ4n) is 3.35. The zero-order valence-corrected chi connectivity index (χ0v) is 14.3. The molecule has 1 aliphatic carbocycles. The Morgan fingerprint density at radius 1 is 1.18 bits per heavy atom. The van der Waals surface area contributed by atoms with Crippen LogP contribution in [0.2, 0.25) is 5.02 Å². The van der Waals surface area contributed by atoms with Crippen LogP contribution in [0.25, 0.3) is 10.9 Å². The van der Waals surface area contributed by atoms with E-state index in [9.17, 15) is 0 Å². The van der Waals surface area contributed by atoms with Crippen LogP contribution in [0.4, 0.5) is 5.69 Å². The van der Waals surface area contributed by atoms with Crippen molar-refractivity contribution in [2.24, 2.45) is 0 Å². The summed E-state index contributed by atoms with van der Waals surface area (Å²) in [7, 11) is 0. The number of anilines is 1. The molecule has 3 aromatic rings. The molecule has 0 amide bonds. The first-order valence-corrected chi connectivity index (χ1v) is 8.70. The van der Waals surface area contributed by atoms with E-state index in [0.717, 1.165) is 28.0 Å². The van der Waals surface area contributed by atoms with Crippen molar-refractivity contribution in [2.75, 3.05) is 5.32 Å². The largest absolute Gasteiger partial charge is 0.376 e. The molecule has 0 saturated carbocycles. The summed E-state index contributed by atoms with van der Waals surface area (Å²) in [6.07, 6.45) is 3.44. The smallest absolute Gasteiger partial charge is 0.0666 e. The maximum atomic E-state index is 6.29. The van der Waals surface area contributed by atoms with Crippen molar-refractivity contribution < 1.29 is 0 Å². The highest BCUT2D eigenvalue weighted by Crippen LogP contribution is 2.38. The lowest BCUT2D eigenvalue weighted by molar-refractivity contribution is 0.593. The molecule has 2 N–H and O–H groups in total. The van der Waals surface area contributed by atoms with Gasteiger partial charge in [0.05, 0.1) is 16.8 Å². The summed E-state index contributed by atoms with van der Waals surface area (Å²) in [4.78, 5) is 3.61. The van der Waals surface area contributed by atoms with E-state index in [0.29, 0.717) is 0 Å². The highest BCUT2D eigenvalue weighted by molar-refractivity contribution is 9.10. The number of aromatic nitrogens is 1. The van der Waals surface area contributed by atoms with Gasteiger partial charge in [0.1, 0.15) is 0 Å². The Hall–Kier alpha value is -1.45. The molecule has 112 valence electrons. The van der Waals surface area contributed by atoms with Gasteiger partial charge in [-0.25, -0.2) is 0 Å². The van der Waals surface area contributed by atoms with E-state index in [1.807, 2.05) is 24.3 Å². The standard InChI is InChI=1S/C18H16BrClN2/c19-11-8-9-15-13(10-11)12-4-3-7-17(18(12)22-15)21-16-6-2-1-5-14(16)20/h1-2,5-6,8-10,17,21-22H,3-4,7H2. The minimum absolute atomic E-state index is 0.287. The molecule has 0 saturated heterocycles. The lowest BCUT2D eigenvalue weighted by Gasteiger charge is -2.25. The summed E-state index contributed by atoms with van der Waals surface area (Å²) in [6, 6.07) is 14.7. The molecule has 1 heterocycles. The van der Waals surface area contributed by atoms with E-state index in [1.54, 1.807) is 0 Å². The monoisotopic (exact) mass is 374 g/mol. The quantitative estimate of drug-likeness (QED) is 0.558. The summed E-state index contributed by atoms with van der Waals surface area (Å²) in [5, 5.41) is 5.71. The molecule has 4 rings (SSSR count). The summed E-state index contributed by atoms with van der Waals surface area (Å²) in [5.74, 6) is 0. The Labute approximate surface area is 143 Å². The molecule has 2 nitrogen and oxygen atoms in total. The predicted octanol–water partition coefficient (Wildman–Crippen LogP) is 6.07. The Morgan fingerprint density at radius 3 is 2.91 bits per heavy atom. The van der Waals surface area contributed by atoms with Gasteiger partial charge in [-0.3, -0.25) is 0 Å². The second-order valence-corrected chi connectivity index (χ2v) is 7.10. The number of para-hydroxylation sites is 1. The summed E-state index contributed by atoms with van der Waals surface area (Å²) in [6.45, 7) is 0.